The monoisotopic (exact) mass is 211 g/mol. The lowest BCUT2D eigenvalue weighted by Crippen LogP contribution is -2.20. The molecule has 1 heterocycles. The number of thioether (sulfide) groups is 1. The number of carbonyl (C=O) groups is 1. The number of nitrogens with one attached hydrogen (secondary N) is 1. The van der Waals surface area contributed by atoms with Gasteiger partial charge in [0.2, 0.25) is 5.91 Å². The van der Waals surface area contributed by atoms with Gasteiger partial charge in [0.05, 0.1) is 0 Å². The van der Waals surface area contributed by atoms with Gasteiger partial charge in [0.1, 0.15) is 8.48 Å². The summed E-state index contributed by atoms with van der Waals surface area (Å²) in [5.74, 6) is -0.0556. The first-order valence-corrected chi connectivity index (χ1v) is 4.06. The molecule has 44 valence electrons. The molecule has 5 heteroatoms. The minimum atomic E-state index is -0.171. The predicted octanol–water partition coefficient (Wildman–Crippen LogP) is 0.855. The van der Waals surface area contributed by atoms with Crippen LogP contribution >= 0.6 is 39.9 Å². The number of amides is 1. The first-order chi connectivity index (χ1) is 3.70. The fourth-order valence-electron chi connectivity index (χ4n) is 0.334. The number of hydrogen-bond acceptors (Lipinski definition) is 3. The molecule has 0 spiro atoms. The summed E-state index contributed by atoms with van der Waals surface area (Å²) >= 11 is 9.10. The number of carbonyl (C=O) groups excluding carboxylic acids is 1. The third kappa shape index (κ3) is 1.21. The molecule has 0 aliphatic carbocycles. The Hall–Kier alpha value is 0.390. The van der Waals surface area contributed by atoms with Crippen molar-refractivity contribution in [2.45, 2.75) is 4.16 Å². The summed E-state index contributed by atoms with van der Waals surface area (Å²) < 4.78 is 0.381. The van der Waals surface area contributed by atoms with Crippen molar-refractivity contribution in [2.24, 2.45) is 0 Å². The lowest BCUT2D eigenvalue weighted by Gasteiger charge is -1.85. The predicted molar refractivity (Wildman–Crippen MR) is 41.0 cm³/mol. The molecule has 8 heavy (non-hydrogen) atoms. The molecule has 1 aliphatic heterocycles. The van der Waals surface area contributed by atoms with Crippen molar-refractivity contribution in [3.05, 3.63) is 0 Å². The van der Waals surface area contributed by atoms with Gasteiger partial charge >= 0.3 is 0 Å². The van der Waals surface area contributed by atoms with Crippen LogP contribution in [0.1, 0.15) is 0 Å². The zero-order chi connectivity index (χ0) is 6.15. The Labute approximate surface area is 64.5 Å². The Morgan fingerprint density at radius 1 is 1.88 bits per heavy atom. The highest BCUT2D eigenvalue weighted by Gasteiger charge is 2.25. The van der Waals surface area contributed by atoms with Crippen molar-refractivity contribution in [2.75, 3.05) is 0 Å². The quantitative estimate of drug-likeness (QED) is 0.477. The van der Waals surface area contributed by atoms with Crippen LogP contribution in [0.2, 0.25) is 0 Å². The lowest BCUT2D eigenvalue weighted by atomic mass is 10.7. The summed E-state index contributed by atoms with van der Waals surface area (Å²) in [4.78, 5) is 10.5. The molecule has 0 aromatic heterocycles. The highest BCUT2D eigenvalue weighted by Crippen LogP contribution is 2.23. The summed E-state index contributed by atoms with van der Waals surface area (Å²) in [5, 5.41) is 2.48. The molecule has 0 aromatic carbocycles. The van der Waals surface area contributed by atoms with Crippen LogP contribution in [0.15, 0.2) is 0 Å². The van der Waals surface area contributed by atoms with Crippen molar-refractivity contribution in [3.8, 4) is 0 Å². The van der Waals surface area contributed by atoms with Crippen LogP contribution in [0.4, 0.5) is 0 Å². The normalized spacial score (nSPS) is 28.4. The molecule has 1 unspecified atom stereocenters. The summed E-state index contributed by atoms with van der Waals surface area (Å²) in [6, 6.07) is 0. The van der Waals surface area contributed by atoms with Crippen LogP contribution in [0.5, 0.6) is 0 Å². The summed E-state index contributed by atoms with van der Waals surface area (Å²) in [6.07, 6.45) is 0. The van der Waals surface area contributed by atoms with E-state index in [0.29, 0.717) is 4.32 Å². The van der Waals surface area contributed by atoms with Crippen LogP contribution in [0.25, 0.3) is 0 Å². The fourth-order valence-corrected chi connectivity index (χ4v) is 2.28. The van der Waals surface area contributed by atoms with Gasteiger partial charge in [0.25, 0.3) is 0 Å². The van der Waals surface area contributed by atoms with Crippen molar-refractivity contribution < 1.29 is 4.79 Å². The highest BCUT2D eigenvalue weighted by atomic mass is 79.9. The second kappa shape index (κ2) is 2.33. The molecular weight excluding hydrogens is 210 g/mol. The third-order valence-corrected chi connectivity index (χ3v) is 2.75. The maximum absolute atomic E-state index is 10.5. The number of halogens is 1. The minimum Gasteiger partial charge on any atom is -0.310 e. The number of alkyl halides is 1. The molecule has 0 aromatic rings. The second-order valence-electron chi connectivity index (χ2n) is 1.21. The molecule has 1 saturated heterocycles. The van der Waals surface area contributed by atoms with Gasteiger partial charge in [0.15, 0.2) is 0 Å². The molecule has 1 fully saturated rings. The van der Waals surface area contributed by atoms with Gasteiger partial charge in [-0.3, -0.25) is 4.79 Å². The van der Waals surface area contributed by atoms with Crippen molar-refractivity contribution in [3.63, 3.8) is 0 Å². The average molecular weight is 212 g/mol. The summed E-state index contributed by atoms with van der Waals surface area (Å²) in [6.45, 7) is 0. The first kappa shape index (κ1) is 6.51. The van der Waals surface area contributed by atoms with E-state index in [-0.39, 0.29) is 10.1 Å². The van der Waals surface area contributed by atoms with Gasteiger partial charge in [-0.05, 0) is 0 Å². The molecule has 1 aliphatic rings. The molecular formula is C3H2BrNOS2. The zero-order valence-electron chi connectivity index (χ0n) is 3.68. The Morgan fingerprint density at radius 3 is 2.62 bits per heavy atom. The Kier molecular flexibility index (Phi) is 1.89. The molecule has 0 saturated carbocycles. The molecule has 1 amide bonds. The van der Waals surface area contributed by atoms with E-state index in [0.717, 1.165) is 0 Å². The third-order valence-electron chi connectivity index (χ3n) is 0.642. The van der Waals surface area contributed by atoms with Gasteiger partial charge in [-0.2, -0.15) is 0 Å². The summed E-state index contributed by atoms with van der Waals surface area (Å²) in [5.41, 5.74) is 0. The number of hydrogen-bond donors (Lipinski definition) is 1. The van der Waals surface area contributed by atoms with Crippen LogP contribution < -0.4 is 5.32 Å². The standard InChI is InChI=1S/C3H2BrNOS2/c4-1-2(6)5-3(7)8-1/h1H,(H,5,6,7). The number of thiocarbonyl (C=S) groups is 1. The summed E-state index contributed by atoms with van der Waals surface area (Å²) in [7, 11) is 0. The number of rotatable bonds is 0. The van der Waals surface area contributed by atoms with E-state index >= 15 is 0 Å². The van der Waals surface area contributed by atoms with Gasteiger partial charge in [-0.1, -0.05) is 39.9 Å². The van der Waals surface area contributed by atoms with E-state index in [1.54, 1.807) is 0 Å². The van der Waals surface area contributed by atoms with E-state index in [1.807, 2.05) is 0 Å². The van der Waals surface area contributed by atoms with Crippen LogP contribution in [0.3, 0.4) is 0 Å². The van der Waals surface area contributed by atoms with Gasteiger partial charge < -0.3 is 5.32 Å². The maximum atomic E-state index is 10.5. The van der Waals surface area contributed by atoms with Gasteiger partial charge in [0, 0.05) is 0 Å². The lowest BCUT2D eigenvalue weighted by molar-refractivity contribution is -0.117. The van der Waals surface area contributed by atoms with Crippen molar-refractivity contribution in [1.82, 2.24) is 5.32 Å². The van der Waals surface area contributed by atoms with E-state index in [2.05, 4.69) is 33.5 Å². The molecule has 1 atom stereocenters. The first-order valence-electron chi connectivity index (χ1n) is 1.85. The van der Waals surface area contributed by atoms with Gasteiger partial charge in [-0.25, -0.2) is 0 Å². The topological polar surface area (TPSA) is 29.1 Å². The highest BCUT2D eigenvalue weighted by molar-refractivity contribution is 9.12. The fraction of sp³-hybridized carbons (Fsp3) is 0.333. The average Bonchev–Trinajstić information content (AvgIpc) is 1.85. The van der Waals surface area contributed by atoms with Crippen LogP contribution in [0, 0.1) is 0 Å². The molecule has 1 N–H and O–H groups in total. The van der Waals surface area contributed by atoms with Crippen molar-refractivity contribution >= 4 is 50.1 Å². The van der Waals surface area contributed by atoms with E-state index in [9.17, 15) is 4.79 Å². The molecule has 2 nitrogen and oxygen atoms in total. The van der Waals surface area contributed by atoms with Gasteiger partial charge in [-0.15, -0.1) is 0 Å². The Bertz CT molecular complexity index is 148. The molecule has 0 radical (unpaired) electrons. The second-order valence-corrected chi connectivity index (χ2v) is 4.51. The maximum Gasteiger partial charge on any atom is 0.249 e. The van der Waals surface area contributed by atoms with E-state index < -0.39 is 0 Å². The van der Waals surface area contributed by atoms with Crippen LogP contribution in [-0.2, 0) is 4.79 Å². The molecule has 1 rings (SSSR count). The van der Waals surface area contributed by atoms with Crippen molar-refractivity contribution in [1.29, 1.82) is 0 Å². The zero-order valence-corrected chi connectivity index (χ0v) is 6.90. The van der Waals surface area contributed by atoms with E-state index in [4.69, 9.17) is 0 Å². The molecule has 0 bridgehead atoms. The SMILES string of the molecule is O=C1NC(=S)SC1Br. The van der Waals surface area contributed by atoms with E-state index in [1.165, 1.54) is 11.8 Å². The largest absolute Gasteiger partial charge is 0.310 e. The minimum absolute atomic E-state index is 0.0556. The Balaban J connectivity index is 2.64. The Morgan fingerprint density at radius 2 is 2.50 bits per heavy atom. The smallest absolute Gasteiger partial charge is 0.249 e. The van der Waals surface area contributed by atoms with Crippen LogP contribution in [-0.4, -0.2) is 14.4 Å².